The summed E-state index contributed by atoms with van der Waals surface area (Å²) in [7, 11) is 0. The van der Waals surface area contributed by atoms with Gasteiger partial charge in [-0.2, -0.15) is 5.26 Å². The highest BCUT2D eigenvalue weighted by Crippen LogP contribution is 2.28. The van der Waals surface area contributed by atoms with Crippen LogP contribution in [-0.4, -0.2) is 16.0 Å². The second-order valence-corrected chi connectivity index (χ2v) is 3.06. The summed E-state index contributed by atoms with van der Waals surface area (Å²) in [6.07, 6.45) is 0. The van der Waals surface area contributed by atoms with Crippen molar-refractivity contribution in [3.63, 3.8) is 0 Å². The van der Waals surface area contributed by atoms with Crippen LogP contribution in [-0.2, 0) is 5.88 Å². The molecular weight excluding hydrogens is 236 g/mol. The van der Waals surface area contributed by atoms with Crippen LogP contribution in [0.4, 0.5) is 5.69 Å². The Labute approximate surface area is 94.8 Å². The molecule has 7 heteroatoms. The molecule has 0 aromatic heterocycles. The standard InChI is InChI=1S/C9H5ClN2O4/c10-3-7-6(9(13)14)2-1-5(4-11)8(7)12(15)16/h1-2H,3H2,(H,13,14). The molecule has 0 fully saturated rings. The summed E-state index contributed by atoms with van der Waals surface area (Å²) < 4.78 is 0. The molecule has 0 atom stereocenters. The van der Waals surface area contributed by atoms with Crippen molar-refractivity contribution in [2.45, 2.75) is 5.88 Å². The SMILES string of the molecule is N#Cc1ccc(C(=O)O)c(CCl)c1[N+](=O)[O-]. The van der Waals surface area contributed by atoms with Gasteiger partial charge in [-0.25, -0.2) is 4.79 Å². The number of nitro benzene ring substituents is 1. The Bertz CT molecular complexity index is 507. The van der Waals surface area contributed by atoms with Crippen LogP contribution in [0.5, 0.6) is 0 Å². The van der Waals surface area contributed by atoms with Gasteiger partial charge in [0.2, 0.25) is 0 Å². The van der Waals surface area contributed by atoms with Crippen molar-refractivity contribution < 1.29 is 14.8 Å². The summed E-state index contributed by atoms with van der Waals surface area (Å²) in [4.78, 5) is 20.7. The van der Waals surface area contributed by atoms with E-state index in [-0.39, 0.29) is 22.6 Å². The predicted octanol–water partition coefficient (Wildman–Crippen LogP) is 1.90. The van der Waals surface area contributed by atoms with Crippen molar-refractivity contribution >= 4 is 23.3 Å². The second kappa shape index (κ2) is 4.59. The zero-order valence-corrected chi connectivity index (χ0v) is 8.56. The van der Waals surface area contributed by atoms with E-state index in [9.17, 15) is 14.9 Å². The Kier molecular flexibility index (Phi) is 3.43. The maximum atomic E-state index is 10.8. The van der Waals surface area contributed by atoms with E-state index < -0.39 is 16.6 Å². The lowest BCUT2D eigenvalue weighted by Crippen LogP contribution is -2.06. The molecule has 6 nitrogen and oxygen atoms in total. The van der Waals surface area contributed by atoms with Gasteiger partial charge in [-0.15, -0.1) is 11.6 Å². The van der Waals surface area contributed by atoms with E-state index in [0.29, 0.717) is 0 Å². The van der Waals surface area contributed by atoms with E-state index in [2.05, 4.69) is 0 Å². The normalized spacial score (nSPS) is 9.50. The molecular formula is C9H5ClN2O4. The average molecular weight is 241 g/mol. The number of rotatable bonds is 3. The lowest BCUT2D eigenvalue weighted by atomic mass is 10.0. The fraction of sp³-hybridized carbons (Fsp3) is 0.111. The van der Waals surface area contributed by atoms with Crippen LogP contribution in [0.15, 0.2) is 12.1 Å². The largest absolute Gasteiger partial charge is 0.478 e. The van der Waals surface area contributed by atoms with Crippen LogP contribution in [0.3, 0.4) is 0 Å². The molecule has 16 heavy (non-hydrogen) atoms. The van der Waals surface area contributed by atoms with E-state index in [1.165, 1.54) is 0 Å². The van der Waals surface area contributed by atoms with E-state index in [4.69, 9.17) is 22.0 Å². The van der Waals surface area contributed by atoms with E-state index in [0.717, 1.165) is 12.1 Å². The predicted molar refractivity (Wildman–Crippen MR) is 54.3 cm³/mol. The maximum Gasteiger partial charge on any atom is 0.336 e. The van der Waals surface area contributed by atoms with E-state index in [1.54, 1.807) is 6.07 Å². The highest BCUT2D eigenvalue weighted by molar-refractivity contribution is 6.18. The molecule has 0 bridgehead atoms. The molecule has 1 rings (SSSR count). The van der Waals surface area contributed by atoms with Crippen LogP contribution in [0.1, 0.15) is 21.5 Å². The molecule has 0 radical (unpaired) electrons. The number of hydrogen-bond acceptors (Lipinski definition) is 4. The Hall–Kier alpha value is -2.13. The van der Waals surface area contributed by atoms with Gasteiger partial charge in [0.05, 0.1) is 21.9 Å². The highest BCUT2D eigenvalue weighted by atomic mass is 35.5. The molecule has 1 aromatic carbocycles. The number of benzene rings is 1. The minimum Gasteiger partial charge on any atom is -0.478 e. The smallest absolute Gasteiger partial charge is 0.336 e. The number of hydrogen-bond donors (Lipinski definition) is 1. The molecule has 0 aliphatic rings. The summed E-state index contributed by atoms with van der Waals surface area (Å²) in [5.41, 5.74) is -1.16. The first-order valence-electron chi connectivity index (χ1n) is 4.02. The number of carbonyl (C=O) groups is 1. The fourth-order valence-electron chi connectivity index (χ4n) is 1.27. The molecule has 0 aliphatic heterocycles. The first-order valence-corrected chi connectivity index (χ1v) is 4.56. The van der Waals surface area contributed by atoms with Crippen LogP contribution in [0.2, 0.25) is 0 Å². The molecule has 0 aliphatic carbocycles. The van der Waals surface area contributed by atoms with Gasteiger partial charge in [0.25, 0.3) is 5.69 Å². The minimum atomic E-state index is -1.32. The van der Waals surface area contributed by atoms with Gasteiger partial charge in [-0.3, -0.25) is 10.1 Å². The Morgan fingerprint density at radius 2 is 2.25 bits per heavy atom. The van der Waals surface area contributed by atoms with Gasteiger partial charge < -0.3 is 5.11 Å². The lowest BCUT2D eigenvalue weighted by Gasteiger charge is -2.04. The van der Waals surface area contributed by atoms with Crippen LogP contribution >= 0.6 is 11.6 Å². The van der Waals surface area contributed by atoms with E-state index >= 15 is 0 Å². The van der Waals surface area contributed by atoms with Gasteiger partial charge in [0.15, 0.2) is 0 Å². The Morgan fingerprint density at radius 1 is 1.62 bits per heavy atom. The maximum absolute atomic E-state index is 10.8. The molecule has 0 spiro atoms. The summed E-state index contributed by atoms with van der Waals surface area (Å²) >= 11 is 5.48. The summed E-state index contributed by atoms with van der Waals surface area (Å²) in [5, 5.41) is 28.2. The quantitative estimate of drug-likeness (QED) is 0.494. The number of carboxylic acids is 1. The third kappa shape index (κ3) is 1.94. The first-order chi connectivity index (χ1) is 7.52. The molecule has 0 saturated carbocycles. The fourth-order valence-corrected chi connectivity index (χ4v) is 1.54. The number of alkyl halides is 1. The monoisotopic (exact) mass is 240 g/mol. The summed E-state index contributed by atoms with van der Waals surface area (Å²) in [5.74, 6) is -1.66. The van der Waals surface area contributed by atoms with Crippen molar-refractivity contribution in [2.75, 3.05) is 0 Å². The molecule has 0 saturated heterocycles. The van der Waals surface area contributed by atoms with Gasteiger partial charge in [0.1, 0.15) is 11.6 Å². The summed E-state index contributed by atoms with van der Waals surface area (Å²) in [6.45, 7) is 0. The molecule has 1 N–H and O–H groups in total. The van der Waals surface area contributed by atoms with Gasteiger partial charge in [0, 0.05) is 0 Å². The van der Waals surface area contributed by atoms with Crippen LogP contribution in [0, 0.1) is 21.4 Å². The van der Waals surface area contributed by atoms with Crippen molar-refractivity contribution in [3.05, 3.63) is 38.9 Å². The second-order valence-electron chi connectivity index (χ2n) is 2.80. The molecule has 0 amide bonds. The van der Waals surface area contributed by atoms with Gasteiger partial charge in [-0.05, 0) is 12.1 Å². The molecule has 0 unspecified atom stereocenters. The third-order valence-electron chi connectivity index (χ3n) is 1.95. The zero-order chi connectivity index (χ0) is 12.3. The van der Waals surface area contributed by atoms with Crippen molar-refractivity contribution in [1.82, 2.24) is 0 Å². The lowest BCUT2D eigenvalue weighted by molar-refractivity contribution is -0.385. The number of carboxylic acid groups (broad SMARTS) is 1. The van der Waals surface area contributed by atoms with E-state index in [1.807, 2.05) is 0 Å². The van der Waals surface area contributed by atoms with Crippen molar-refractivity contribution in [3.8, 4) is 6.07 Å². The zero-order valence-electron chi connectivity index (χ0n) is 7.81. The topological polar surface area (TPSA) is 104 Å². The third-order valence-corrected chi connectivity index (χ3v) is 2.22. The molecule has 82 valence electrons. The Morgan fingerprint density at radius 3 is 2.62 bits per heavy atom. The first kappa shape index (κ1) is 11.9. The average Bonchev–Trinajstić information content (AvgIpc) is 2.26. The number of halogens is 1. The molecule has 1 aromatic rings. The van der Waals surface area contributed by atoms with Crippen LogP contribution in [0.25, 0.3) is 0 Å². The summed E-state index contributed by atoms with van der Waals surface area (Å²) in [6, 6.07) is 3.85. The highest BCUT2D eigenvalue weighted by Gasteiger charge is 2.25. The van der Waals surface area contributed by atoms with Gasteiger partial charge >= 0.3 is 5.97 Å². The number of aromatic carboxylic acids is 1. The minimum absolute atomic E-state index is 0.154. The van der Waals surface area contributed by atoms with Gasteiger partial charge in [-0.1, -0.05) is 0 Å². The number of nitro groups is 1. The number of nitrogens with zero attached hydrogens (tertiary/aromatic N) is 2. The van der Waals surface area contributed by atoms with Crippen LogP contribution < -0.4 is 0 Å². The number of nitriles is 1. The van der Waals surface area contributed by atoms with Crippen molar-refractivity contribution in [2.24, 2.45) is 0 Å². The Balaban J connectivity index is 3.64. The molecule has 0 heterocycles. The van der Waals surface area contributed by atoms with Crippen molar-refractivity contribution in [1.29, 1.82) is 5.26 Å².